The molecule has 1 saturated carbocycles. The Labute approximate surface area is 132 Å². The quantitative estimate of drug-likeness (QED) is 0.822. The Balaban J connectivity index is 2.20. The second kappa shape index (κ2) is 6.44. The van der Waals surface area contributed by atoms with Gasteiger partial charge in [0.15, 0.2) is 0 Å². The van der Waals surface area contributed by atoms with Gasteiger partial charge in [-0.05, 0) is 24.7 Å². The number of nitrogens with one attached hydrogen (secondary N) is 1. The SMILES string of the molecule is COC(=O)N[C@H](C(=O)N1[C@@H]2C[C@H]([C@H](O)C2)[C@H]1C(C)C)C(C)C. The van der Waals surface area contributed by atoms with E-state index in [0.29, 0.717) is 6.42 Å². The number of rotatable bonds is 4. The van der Waals surface area contributed by atoms with Gasteiger partial charge in [-0.1, -0.05) is 27.7 Å². The summed E-state index contributed by atoms with van der Waals surface area (Å²) in [5, 5.41) is 12.8. The van der Waals surface area contributed by atoms with Gasteiger partial charge in [-0.3, -0.25) is 4.79 Å². The van der Waals surface area contributed by atoms with Gasteiger partial charge in [-0.25, -0.2) is 4.79 Å². The van der Waals surface area contributed by atoms with Gasteiger partial charge in [0.2, 0.25) is 5.91 Å². The molecule has 6 nitrogen and oxygen atoms in total. The van der Waals surface area contributed by atoms with Crippen LogP contribution in [0.15, 0.2) is 0 Å². The maximum atomic E-state index is 13.0. The lowest BCUT2D eigenvalue weighted by molar-refractivity contribution is -0.142. The summed E-state index contributed by atoms with van der Waals surface area (Å²) in [6, 6.07) is -0.465. The van der Waals surface area contributed by atoms with Gasteiger partial charge < -0.3 is 20.1 Å². The number of carbonyl (C=O) groups is 2. The van der Waals surface area contributed by atoms with Crippen LogP contribution < -0.4 is 5.32 Å². The fraction of sp³-hybridized carbons (Fsp3) is 0.875. The maximum absolute atomic E-state index is 13.0. The molecule has 6 heteroatoms. The first-order chi connectivity index (χ1) is 10.3. The van der Waals surface area contributed by atoms with E-state index >= 15 is 0 Å². The summed E-state index contributed by atoms with van der Waals surface area (Å²) in [6.45, 7) is 7.98. The van der Waals surface area contributed by atoms with Crippen LogP contribution in [0.4, 0.5) is 4.79 Å². The number of aliphatic hydroxyl groups excluding tert-OH is 1. The van der Waals surface area contributed by atoms with Crippen molar-refractivity contribution in [1.82, 2.24) is 10.2 Å². The molecule has 0 spiro atoms. The number of carbonyl (C=O) groups excluding carboxylic acids is 2. The number of nitrogens with zero attached hydrogens (tertiary/aromatic N) is 1. The molecule has 0 aromatic heterocycles. The smallest absolute Gasteiger partial charge is 0.407 e. The molecule has 2 N–H and O–H groups in total. The fourth-order valence-electron chi connectivity index (χ4n) is 4.07. The first-order valence-electron chi connectivity index (χ1n) is 8.12. The zero-order valence-electron chi connectivity index (χ0n) is 14.1. The molecule has 2 amide bonds. The number of ether oxygens (including phenoxy) is 1. The number of likely N-dealkylation sites (tertiary alicyclic amines) is 1. The van der Waals surface area contributed by atoms with Crippen molar-refractivity contribution in [3.8, 4) is 0 Å². The third-order valence-corrected chi connectivity index (χ3v) is 5.03. The van der Waals surface area contributed by atoms with Gasteiger partial charge in [0.1, 0.15) is 6.04 Å². The molecule has 0 unspecified atom stereocenters. The molecule has 1 aliphatic heterocycles. The summed E-state index contributed by atoms with van der Waals surface area (Å²) in [5.74, 6) is 0.349. The van der Waals surface area contributed by atoms with Crippen molar-refractivity contribution in [3.63, 3.8) is 0 Å². The minimum atomic E-state index is -0.592. The maximum Gasteiger partial charge on any atom is 0.407 e. The lowest BCUT2D eigenvalue weighted by Crippen LogP contribution is -2.58. The first kappa shape index (κ1) is 17.1. The van der Waals surface area contributed by atoms with Gasteiger partial charge in [0.25, 0.3) is 0 Å². The number of hydrogen-bond acceptors (Lipinski definition) is 4. The molecule has 22 heavy (non-hydrogen) atoms. The van der Waals surface area contributed by atoms with Crippen LogP contribution >= 0.6 is 0 Å². The second-order valence-corrected chi connectivity index (χ2v) is 7.19. The van der Waals surface area contributed by atoms with Crippen molar-refractivity contribution in [2.45, 2.75) is 64.8 Å². The minimum absolute atomic E-state index is 0.0246. The number of alkyl carbamates (subject to hydrolysis) is 1. The molecule has 1 saturated heterocycles. The van der Waals surface area contributed by atoms with Crippen LogP contribution in [-0.2, 0) is 9.53 Å². The van der Waals surface area contributed by atoms with E-state index in [9.17, 15) is 14.7 Å². The second-order valence-electron chi connectivity index (χ2n) is 7.19. The standard InChI is InChI=1S/C16H28N2O4/c1-8(2)13(17-16(21)22-5)15(20)18-10-6-11(12(19)7-10)14(18)9(3)4/h8-14,19H,6-7H2,1-5H3,(H,17,21)/t10-,11-,12-,13+,14-/m1/s1. The Hall–Kier alpha value is -1.30. The summed E-state index contributed by atoms with van der Waals surface area (Å²) in [4.78, 5) is 26.5. The van der Waals surface area contributed by atoms with Gasteiger partial charge in [0.05, 0.1) is 13.2 Å². The number of methoxy groups -OCH3 is 1. The van der Waals surface area contributed by atoms with Crippen molar-refractivity contribution in [2.75, 3.05) is 7.11 Å². The van der Waals surface area contributed by atoms with Crippen molar-refractivity contribution in [1.29, 1.82) is 0 Å². The van der Waals surface area contributed by atoms with E-state index in [2.05, 4.69) is 23.9 Å². The molecule has 126 valence electrons. The van der Waals surface area contributed by atoms with Crippen LogP contribution in [0.1, 0.15) is 40.5 Å². The van der Waals surface area contributed by atoms with Crippen LogP contribution in [0.3, 0.4) is 0 Å². The van der Waals surface area contributed by atoms with Crippen molar-refractivity contribution in [3.05, 3.63) is 0 Å². The van der Waals surface area contributed by atoms with Crippen LogP contribution in [0.25, 0.3) is 0 Å². The summed E-state index contributed by atoms with van der Waals surface area (Å²) < 4.78 is 4.64. The monoisotopic (exact) mass is 312 g/mol. The highest BCUT2D eigenvalue weighted by molar-refractivity contribution is 5.86. The average molecular weight is 312 g/mol. The van der Waals surface area contributed by atoms with Crippen LogP contribution in [-0.4, -0.2) is 53.3 Å². The molecule has 0 aromatic rings. The first-order valence-corrected chi connectivity index (χ1v) is 8.12. The molecule has 2 fully saturated rings. The molecular formula is C16H28N2O4. The molecule has 0 radical (unpaired) electrons. The summed E-state index contributed by atoms with van der Waals surface area (Å²) >= 11 is 0. The van der Waals surface area contributed by atoms with Crippen molar-refractivity contribution >= 4 is 12.0 Å². The van der Waals surface area contributed by atoms with Gasteiger partial charge in [-0.2, -0.15) is 0 Å². The summed E-state index contributed by atoms with van der Waals surface area (Å²) in [7, 11) is 1.29. The van der Waals surface area contributed by atoms with Crippen molar-refractivity contribution < 1.29 is 19.4 Å². The molecule has 5 atom stereocenters. The zero-order chi connectivity index (χ0) is 16.6. The lowest BCUT2D eigenvalue weighted by atomic mass is 9.87. The molecule has 2 bridgehead atoms. The van der Waals surface area contributed by atoms with Crippen LogP contribution in [0, 0.1) is 17.8 Å². The van der Waals surface area contributed by atoms with E-state index in [1.807, 2.05) is 18.7 Å². The van der Waals surface area contributed by atoms with E-state index in [4.69, 9.17) is 0 Å². The van der Waals surface area contributed by atoms with E-state index < -0.39 is 12.1 Å². The van der Waals surface area contributed by atoms with E-state index in [1.165, 1.54) is 7.11 Å². The average Bonchev–Trinajstić information content (AvgIpc) is 2.99. The van der Waals surface area contributed by atoms with Crippen LogP contribution in [0.5, 0.6) is 0 Å². The molecule has 1 aliphatic carbocycles. The zero-order valence-corrected chi connectivity index (χ0v) is 14.1. The van der Waals surface area contributed by atoms with Gasteiger partial charge in [-0.15, -0.1) is 0 Å². The lowest BCUT2D eigenvalue weighted by Gasteiger charge is -2.42. The molecule has 2 rings (SSSR count). The fourth-order valence-corrected chi connectivity index (χ4v) is 4.07. The number of fused-ring (bicyclic) bond motifs is 2. The number of hydrogen-bond donors (Lipinski definition) is 2. The number of amides is 2. The summed E-state index contributed by atoms with van der Waals surface area (Å²) in [5.41, 5.74) is 0. The van der Waals surface area contributed by atoms with Crippen molar-refractivity contribution in [2.24, 2.45) is 17.8 Å². The highest BCUT2D eigenvalue weighted by Gasteiger charge is 2.54. The minimum Gasteiger partial charge on any atom is -0.453 e. The molecule has 0 aromatic carbocycles. The Kier molecular flexibility index (Phi) is 5.00. The normalized spacial score (nSPS) is 31.7. The summed E-state index contributed by atoms with van der Waals surface area (Å²) in [6.07, 6.45) is 0.603. The third kappa shape index (κ3) is 2.93. The van der Waals surface area contributed by atoms with Gasteiger partial charge in [0, 0.05) is 18.0 Å². The Bertz CT molecular complexity index is 438. The molecular weight excluding hydrogens is 284 g/mol. The molecule has 1 heterocycles. The van der Waals surface area contributed by atoms with Gasteiger partial charge >= 0.3 is 6.09 Å². The highest BCUT2D eigenvalue weighted by Crippen LogP contribution is 2.45. The highest BCUT2D eigenvalue weighted by atomic mass is 16.5. The van der Waals surface area contributed by atoms with E-state index in [1.54, 1.807) is 0 Å². The third-order valence-electron chi connectivity index (χ3n) is 5.03. The topological polar surface area (TPSA) is 78.9 Å². The largest absolute Gasteiger partial charge is 0.453 e. The Morgan fingerprint density at radius 2 is 1.86 bits per heavy atom. The van der Waals surface area contributed by atoms with E-state index in [0.717, 1.165) is 6.42 Å². The Morgan fingerprint density at radius 3 is 2.36 bits per heavy atom. The van der Waals surface area contributed by atoms with Crippen LogP contribution in [0.2, 0.25) is 0 Å². The predicted octanol–water partition coefficient (Wildman–Crippen LogP) is 1.37. The molecule has 2 aliphatic rings. The number of aliphatic hydroxyl groups is 1. The Morgan fingerprint density at radius 1 is 1.23 bits per heavy atom. The van der Waals surface area contributed by atoms with E-state index in [-0.39, 0.29) is 41.8 Å². The number of piperidine rings is 1. The predicted molar refractivity (Wildman–Crippen MR) is 82.2 cm³/mol.